The maximum Gasteiger partial charge on any atom is 0.328 e. The Morgan fingerprint density at radius 2 is 2.17 bits per heavy atom. The minimum absolute atomic E-state index is 0.272. The van der Waals surface area contributed by atoms with E-state index in [-0.39, 0.29) is 5.97 Å². The molecule has 0 aliphatic heterocycles. The van der Waals surface area contributed by atoms with E-state index in [0.29, 0.717) is 16.7 Å². The summed E-state index contributed by atoms with van der Waals surface area (Å²) in [5, 5.41) is 1.99. The third-order valence-corrected chi connectivity index (χ3v) is 3.33. The molecule has 1 unspecified atom stereocenters. The van der Waals surface area contributed by atoms with Gasteiger partial charge in [0.05, 0.1) is 17.1 Å². The molecule has 1 heterocycles. The Labute approximate surface area is 115 Å². The number of nitrogens with zero attached hydrogens (tertiary/aromatic N) is 1. The quantitative estimate of drug-likeness (QED) is 0.796. The molecule has 18 heavy (non-hydrogen) atoms. The monoisotopic (exact) mass is 285 g/mol. The molecular weight excluding hydrogens is 273 g/mol. The van der Waals surface area contributed by atoms with E-state index in [1.807, 2.05) is 16.8 Å². The number of rotatable bonds is 3. The Kier molecular flexibility index (Phi) is 3.83. The highest BCUT2D eigenvalue weighted by Crippen LogP contribution is 2.30. The molecule has 1 aromatic carbocycles. The SMILES string of the molecule is CCOC(=O)C(C)n1ccc2c(Cl)cc(Cl)cc21. The first kappa shape index (κ1) is 13.2. The number of benzene rings is 1. The first-order valence-corrected chi connectivity index (χ1v) is 6.42. The summed E-state index contributed by atoms with van der Waals surface area (Å²) in [6.07, 6.45) is 1.81. The number of fused-ring (bicyclic) bond motifs is 1. The molecule has 0 saturated carbocycles. The van der Waals surface area contributed by atoms with E-state index in [9.17, 15) is 4.79 Å². The van der Waals surface area contributed by atoms with Gasteiger partial charge in [0.25, 0.3) is 0 Å². The number of esters is 1. The van der Waals surface area contributed by atoms with Gasteiger partial charge in [-0.05, 0) is 32.0 Å². The summed E-state index contributed by atoms with van der Waals surface area (Å²) < 4.78 is 6.82. The lowest BCUT2D eigenvalue weighted by Crippen LogP contribution is -2.18. The highest BCUT2D eigenvalue weighted by molar-refractivity contribution is 6.38. The van der Waals surface area contributed by atoms with Gasteiger partial charge in [-0.25, -0.2) is 4.79 Å². The fourth-order valence-electron chi connectivity index (χ4n) is 1.90. The molecule has 0 bridgehead atoms. The van der Waals surface area contributed by atoms with Crippen LogP contribution >= 0.6 is 23.2 Å². The Balaban J connectivity index is 2.49. The second-order valence-electron chi connectivity index (χ2n) is 3.97. The molecule has 0 saturated heterocycles. The van der Waals surface area contributed by atoms with Gasteiger partial charge in [-0.3, -0.25) is 0 Å². The van der Waals surface area contributed by atoms with Crippen molar-refractivity contribution in [3.8, 4) is 0 Å². The molecule has 0 amide bonds. The standard InChI is InChI=1S/C13H13Cl2NO2/c1-3-18-13(17)8(2)16-5-4-10-11(15)6-9(14)7-12(10)16/h4-8H,3H2,1-2H3. The molecule has 0 aliphatic rings. The molecule has 96 valence electrons. The van der Waals surface area contributed by atoms with Crippen LogP contribution in [0.1, 0.15) is 19.9 Å². The van der Waals surface area contributed by atoms with Crippen molar-refractivity contribution >= 4 is 40.1 Å². The van der Waals surface area contributed by atoms with E-state index >= 15 is 0 Å². The van der Waals surface area contributed by atoms with Crippen LogP contribution in [-0.4, -0.2) is 17.1 Å². The van der Waals surface area contributed by atoms with E-state index < -0.39 is 6.04 Å². The third-order valence-electron chi connectivity index (χ3n) is 2.80. The summed E-state index contributed by atoms with van der Waals surface area (Å²) in [5.74, 6) is -0.272. The van der Waals surface area contributed by atoms with Gasteiger partial charge in [-0.15, -0.1) is 0 Å². The number of hydrogen-bond acceptors (Lipinski definition) is 2. The van der Waals surface area contributed by atoms with E-state index in [1.54, 1.807) is 26.0 Å². The van der Waals surface area contributed by atoms with Crippen molar-refractivity contribution in [2.24, 2.45) is 0 Å². The van der Waals surface area contributed by atoms with Crippen LogP contribution in [-0.2, 0) is 9.53 Å². The number of hydrogen-bond donors (Lipinski definition) is 0. The maximum absolute atomic E-state index is 11.7. The molecule has 0 radical (unpaired) electrons. The Morgan fingerprint density at radius 3 is 2.83 bits per heavy atom. The number of halogens is 2. The zero-order chi connectivity index (χ0) is 13.3. The van der Waals surface area contributed by atoms with Crippen LogP contribution in [0.3, 0.4) is 0 Å². The summed E-state index contributed by atoms with van der Waals surface area (Å²) in [5.41, 5.74) is 0.827. The smallest absolute Gasteiger partial charge is 0.328 e. The molecule has 0 aliphatic carbocycles. The number of ether oxygens (including phenoxy) is 1. The van der Waals surface area contributed by atoms with Crippen LogP contribution in [0, 0.1) is 0 Å². The number of carbonyl (C=O) groups excluding carboxylic acids is 1. The topological polar surface area (TPSA) is 31.2 Å². The maximum atomic E-state index is 11.7. The summed E-state index contributed by atoms with van der Waals surface area (Å²) in [6, 6.07) is 4.93. The minimum atomic E-state index is -0.406. The molecule has 2 rings (SSSR count). The van der Waals surface area contributed by atoms with Crippen molar-refractivity contribution < 1.29 is 9.53 Å². The largest absolute Gasteiger partial charge is 0.464 e. The molecule has 0 fully saturated rings. The summed E-state index contributed by atoms with van der Waals surface area (Å²) in [7, 11) is 0. The molecule has 5 heteroatoms. The van der Waals surface area contributed by atoms with Gasteiger partial charge in [-0.1, -0.05) is 23.2 Å². The highest BCUT2D eigenvalue weighted by Gasteiger charge is 2.18. The van der Waals surface area contributed by atoms with Gasteiger partial charge in [0, 0.05) is 16.6 Å². The second-order valence-corrected chi connectivity index (χ2v) is 4.82. The molecular formula is C13H13Cl2NO2. The zero-order valence-electron chi connectivity index (χ0n) is 10.1. The highest BCUT2D eigenvalue weighted by atomic mass is 35.5. The Hall–Kier alpha value is -1.19. The predicted octanol–water partition coefficient (Wildman–Crippen LogP) is 4.07. The fourth-order valence-corrected chi connectivity index (χ4v) is 2.44. The van der Waals surface area contributed by atoms with Crippen LogP contribution in [0.5, 0.6) is 0 Å². The van der Waals surface area contributed by atoms with Crippen molar-refractivity contribution in [3.63, 3.8) is 0 Å². The van der Waals surface area contributed by atoms with Crippen LogP contribution in [0.15, 0.2) is 24.4 Å². The van der Waals surface area contributed by atoms with E-state index in [1.165, 1.54) is 0 Å². The predicted molar refractivity (Wildman–Crippen MR) is 73.3 cm³/mol. The Morgan fingerprint density at radius 1 is 1.44 bits per heavy atom. The molecule has 0 spiro atoms. The summed E-state index contributed by atoms with van der Waals surface area (Å²) >= 11 is 12.1. The lowest BCUT2D eigenvalue weighted by atomic mass is 10.2. The van der Waals surface area contributed by atoms with Crippen molar-refractivity contribution in [2.75, 3.05) is 6.61 Å². The normalized spacial score (nSPS) is 12.7. The average molecular weight is 286 g/mol. The van der Waals surface area contributed by atoms with Crippen molar-refractivity contribution in [1.29, 1.82) is 0 Å². The van der Waals surface area contributed by atoms with Crippen LogP contribution < -0.4 is 0 Å². The Bertz CT molecular complexity index is 592. The molecule has 0 N–H and O–H groups in total. The third kappa shape index (κ3) is 2.33. The minimum Gasteiger partial charge on any atom is -0.464 e. The number of aromatic nitrogens is 1. The van der Waals surface area contributed by atoms with Gasteiger partial charge in [0.15, 0.2) is 0 Å². The lowest BCUT2D eigenvalue weighted by molar-refractivity contribution is -0.146. The van der Waals surface area contributed by atoms with Gasteiger partial charge < -0.3 is 9.30 Å². The summed E-state index contributed by atoms with van der Waals surface area (Å²) in [4.78, 5) is 11.7. The van der Waals surface area contributed by atoms with Crippen LogP contribution in [0.4, 0.5) is 0 Å². The van der Waals surface area contributed by atoms with E-state index in [0.717, 1.165) is 10.9 Å². The van der Waals surface area contributed by atoms with Crippen molar-refractivity contribution in [3.05, 3.63) is 34.4 Å². The van der Waals surface area contributed by atoms with Gasteiger partial charge in [0.2, 0.25) is 0 Å². The fraction of sp³-hybridized carbons (Fsp3) is 0.308. The molecule has 1 atom stereocenters. The first-order chi connectivity index (χ1) is 8.54. The summed E-state index contributed by atoms with van der Waals surface area (Å²) in [6.45, 7) is 3.93. The van der Waals surface area contributed by atoms with E-state index in [2.05, 4.69) is 0 Å². The average Bonchev–Trinajstić information content (AvgIpc) is 2.72. The lowest BCUT2D eigenvalue weighted by Gasteiger charge is -2.14. The van der Waals surface area contributed by atoms with Crippen LogP contribution in [0.25, 0.3) is 10.9 Å². The van der Waals surface area contributed by atoms with Crippen molar-refractivity contribution in [1.82, 2.24) is 4.57 Å². The zero-order valence-corrected chi connectivity index (χ0v) is 11.6. The molecule has 3 nitrogen and oxygen atoms in total. The van der Waals surface area contributed by atoms with Gasteiger partial charge >= 0.3 is 5.97 Å². The number of carbonyl (C=O) groups is 1. The second kappa shape index (κ2) is 5.21. The molecule has 2 aromatic rings. The van der Waals surface area contributed by atoms with E-state index in [4.69, 9.17) is 27.9 Å². The van der Waals surface area contributed by atoms with Crippen LogP contribution in [0.2, 0.25) is 10.0 Å². The van der Waals surface area contributed by atoms with Gasteiger partial charge in [0.1, 0.15) is 6.04 Å². The molecule has 1 aromatic heterocycles. The first-order valence-electron chi connectivity index (χ1n) is 5.66. The van der Waals surface area contributed by atoms with Gasteiger partial charge in [-0.2, -0.15) is 0 Å². The van der Waals surface area contributed by atoms with Crippen molar-refractivity contribution in [2.45, 2.75) is 19.9 Å².